The van der Waals surface area contributed by atoms with Gasteiger partial charge < -0.3 is 25.2 Å². The zero-order valence-electron chi connectivity index (χ0n) is 15.8. The van der Waals surface area contributed by atoms with Crippen LogP contribution in [0.4, 0.5) is 11.5 Å². The maximum absolute atomic E-state index is 12.5. The van der Waals surface area contributed by atoms with E-state index in [2.05, 4.69) is 32.5 Å². The molecule has 4 rings (SSSR count). The number of benzene rings is 1. The third-order valence-corrected chi connectivity index (χ3v) is 4.97. The van der Waals surface area contributed by atoms with Crippen LogP contribution in [-0.2, 0) is 11.3 Å². The molecule has 2 aliphatic rings. The number of nitrogens with zero attached hydrogens (tertiary/aromatic N) is 3. The van der Waals surface area contributed by atoms with Crippen LogP contribution in [-0.4, -0.2) is 61.5 Å². The molecule has 0 bridgehead atoms. The van der Waals surface area contributed by atoms with Crippen LogP contribution >= 0.6 is 0 Å². The van der Waals surface area contributed by atoms with Gasteiger partial charge in [-0.15, -0.1) is 0 Å². The molecule has 28 heavy (non-hydrogen) atoms. The van der Waals surface area contributed by atoms with Crippen molar-refractivity contribution in [2.24, 2.45) is 0 Å². The monoisotopic (exact) mass is 381 g/mol. The van der Waals surface area contributed by atoms with Gasteiger partial charge in [-0.1, -0.05) is 0 Å². The van der Waals surface area contributed by atoms with Gasteiger partial charge in [0.05, 0.1) is 5.69 Å². The molecule has 3 heterocycles. The summed E-state index contributed by atoms with van der Waals surface area (Å²) in [6, 6.07) is 8.93. The molecule has 2 aliphatic heterocycles. The van der Waals surface area contributed by atoms with Gasteiger partial charge >= 0.3 is 0 Å². The number of likely N-dealkylation sites (N-methyl/N-ethyl adjacent to an activating group) is 1. The van der Waals surface area contributed by atoms with Crippen LogP contribution in [0.15, 0.2) is 36.5 Å². The number of ether oxygens (including phenoxy) is 1. The molecule has 2 N–H and O–H groups in total. The number of anilines is 2. The highest BCUT2D eigenvalue weighted by atomic mass is 16.5. The average Bonchev–Trinajstić information content (AvgIpc) is 2.72. The highest BCUT2D eigenvalue weighted by Crippen LogP contribution is 2.28. The molecule has 0 atom stereocenters. The van der Waals surface area contributed by atoms with Crippen LogP contribution in [0.3, 0.4) is 0 Å². The first-order valence-electron chi connectivity index (χ1n) is 9.32. The second-order valence-corrected chi connectivity index (χ2v) is 7.04. The molecule has 1 aromatic carbocycles. The van der Waals surface area contributed by atoms with E-state index < -0.39 is 0 Å². The predicted octanol–water partition coefficient (Wildman–Crippen LogP) is 1.09. The fourth-order valence-corrected chi connectivity index (χ4v) is 3.28. The SMILES string of the molecule is CN1CCN(c2cc(CNC(=O)c3ccc4c(c3)OCC(=O)N4)ccn2)CC1. The molecule has 8 heteroatoms. The molecule has 0 aliphatic carbocycles. The summed E-state index contributed by atoms with van der Waals surface area (Å²) in [5, 5.41) is 5.65. The normalized spacial score (nSPS) is 16.8. The summed E-state index contributed by atoms with van der Waals surface area (Å²) < 4.78 is 5.37. The van der Waals surface area contributed by atoms with Crippen LogP contribution in [0.25, 0.3) is 0 Å². The Bertz CT molecular complexity index is 893. The quantitative estimate of drug-likeness (QED) is 0.825. The molecule has 1 saturated heterocycles. The Labute approximate surface area is 163 Å². The number of aromatic nitrogens is 1. The van der Waals surface area contributed by atoms with Crippen molar-refractivity contribution in [3.8, 4) is 5.75 Å². The summed E-state index contributed by atoms with van der Waals surface area (Å²) in [7, 11) is 2.12. The maximum atomic E-state index is 12.5. The Morgan fingerprint density at radius 3 is 2.86 bits per heavy atom. The number of piperazine rings is 1. The lowest BCUT2D eigenvalue weighted by Crippen LogP contribution is -2.44. The van der Waals surface area contributed by atoms with E-state index in [1.165, 1.54) is 0 Å². The van der Waals surface area contributed by atoms with Crippen molar-refractivity contribution < 1.29 is 14.3 Å². The zero-order chi connectivity index (χ0) is 19.5. The van der Waals surface area contributed by atoms with Crippen LogP contribution in [0.2, 0.25) is 0 Å². The molecule has 0 saturated carbocycles. The molecule has 2 amide bonds. The standard InChI is InChI=1S/C20H23N5O3/c1-24-6-8-25(9-7-24)18-10-14(4-5-21-18)12-22-20(27)15-2-3-16-17(11-15)28-13-19(26)23-16/h2-5,10-11H,6-9,12-13H2,1H3,(H,22,27)(H,23,26). The summed E-state index contributed by atoms with van der Waals surface area (Å²) in [5.41, 5.74) is 2.07. The van der Waals surface area contributed by atoms with Gasteiger partial charge in [0.1, 0.15) is 11.6 Å². The van der Waals surface area contributed by atoms with Crippen molar-refractivity contribution in [1.82, 2.24) is 15.2 Å². The largest absolute Gasteiger partial charge is 0.482 e. The average molecular weight is 381 g/mol. The van der Waals surface area contributed by atoms with E-state index in [0.717, 1.165) is 37.6 Å². The number of rotatable bonds is 4. The van der Waals surface area contributed by atoms with Crippen LogP contribution in [0, 0.1) is 0 Å². The Kier molecular flexibility index (Phi) is 5.12. The Balaban J connectivity index is 1.38. The number of hydrogen-bond donors (Lipinski definition) is 2. The van der Waals surface area contributed by atoms with E-state index in [9.17, 15) is 9.59 Å². The van der Waals surface area contributed by atoms with Crippen molar-refractivity contribution >= 4 is 23.3 Å². The third kappa shape index (κ3) is 4.07. The van der Waals surface area contributed by atoms with E-state index in [4.69, 9.17) is 4.74 Å². The number of amides is 2. The molecule has 146 valence electrons. The van der Waals surface area contributed by atoms with Gasteiger partial charge in [-0.25, -0.2) is 4.98 Å². The van der Waals surface area contributed by atoms with E-state index in [0.29, 0.717) is 23.5 Å². The molecule has 0 unspecified atom stereocenters. The first kappa shape index (κ1) is 18.2. The van der Waals surface area contributed by atoms with Crippen molar-refractivity contribution in [2.45, 2.75) is 6.54 Å². The molecule has 0 radical (unpaired) electrons. The summed E-state index contributed by atoms with van der Waals surface area (Å²) in [6.45, 7) is 4.31. The molecular formula is C20H23N5O3. The highest BCUT2D eigenvalue weighted by Gasteiger charge is 2.18. The lowest BCUT2D eigenvalue weighted by atomic mass is 10.1. The van der Waals surface area contributed by atoms with Crippen molar-refractivity contribution in [3.63, 3.8) is 0 Å². The smallest absolute Gasteiger partial charge is 0.262 e. The zero-order valence-corrected chi connectivity index (χ0v) is 15.8. The summed E-state index contributed by atoms with van der Waals surface area (Å²) in [6.07, 6.45) is 1.78. The van der Waals surface area contributed by atoms with Gasteiger partial charge in [-0.3, -0.25) is 9.59 Å². The molecular weight excluding hydrogens is 358 g/mol. The second kappa shape index (κ2) is 7.85. The van der Waals surface area contributed by atoms with Crippen molar-refractivity contribution in [2.75, 3.05) is 50.1 Å². The molecule has 1 aromatic heterocycles. The van der Waals surface area contributed by atoms with Crippen LogP contribution < -0.4 is 20.3 Å². The number of fused-ring (bicyclic) bond motifs is 1. The first-order valence-corrected chi connectivity index (χ1v) is 9.32. The summed E-state index contributed by atoms with van der Waals surface area (Å²) in [4.78, 5) is 32.9. The van der Waals surface area contributed by atoms with Gasteiger partial charge in [0.25, 0.3) is 11.8 Å². The predicted molar refractivity (Wildman–Crippen MR) is 106 cm³/mol. The van der Waals surface area contributed by atoms with Gasteiger partial charge in [-0.2, -0.15) is 0 Å². The van der Waals surface area contributed by atoms with E-state index >= 15 is 0 Å². The molecule has 0 spiro atoms. The Hall–Kier alpha value is -3.13. The highest BCUT2D eigenvalue weighted by molar-refractivity contribution is 5.98. The number of nitrogens with one attached hydrogen (secondary N) is 2. The molecule has 2 aromatic rings. The minimum atomic E-state index is -0.196. The van der Waals surface area contributed by atoms with Gasteiger partial charge in [0.15, 0.2) is 6.61 Å². The summed E-state index contributed by atoms with van der Waals surface area (Å²) in [5.74, 6) is 1.06. The first-order chi connectivity index (χ1) is 13.6. The van der Waals surface area contributed by atoms with Crippen LogP contribution in [0.1, 0.15) is 15.9 Å². The Morgan fingerprint density at radius 2 is 2.04 bits per heavy atom. The molecule has 8 nitrogen and oxygen atoms in total. The number of carbonyl (C=O) groups excluding carboxylic acids is 2. The maximum Gasteiger partial charge on any atom is 0.262 e. The third-order valence-electron chi connectivity index (χ3n) is 4.97. The minimum absolute atomic E-state index is 0.0375. The molecule has 1 fully saturated rings. The fraction of sp³-hybridized carbons (Fsp3) is 0.350. The van der Waals surface area contributed by atoms with Gasteiger partial charge in [-0.05, 0) is 42.9 Å². The lowest BCUT2D eigenvalue weighted by molar-refractivity contribution is -0.118. The van der Waals surface area contributed by atoms with Crippen LogP contribution in [0.5, 0.6) is 5.75 Å². The fourth-order valence-electron chi connectivity index (χ4n) is 3.28. The summed E-state index contributed by atoms with van der Waals surface area (Å²) >= 11 is 0. The topological polar surface area (TPSA) is 86.8 Å². The Morgan fingerprint density at radius 1 is 1.21 bits per heavy atom. The van der Waals surface area contributed by atoms with Gasteiger partial charge in [0, 0.05) is 44.5 Å². The lowest BCUT2D eigenvalue weighted by Gasteiger charge is -2.33. The van der Waals surface area contributed by atoms with E-state index in [1.807, 2.05) is 12.1 Å². The van der Waals surface area contributed by atoms with Crippen molar-refractivity contribution in [1.29, 1.82) is 0 Å². The number of carbonyl (C=O) groups is 2. The van der Waals surface area contributed by atoms with Gasteiger partial charge in [0.2, 0.25) is 0 Å². The van der Waals surface area contributed by atoms with E-state index in [-0.39, 0.29) is 18.4 Å². The number of pyridine rings is 1. The second-order valence-electron chi connectivity index (χ2n) is 7.04. The minimum Gasteiger partial charge on any atom is -0.482 e. The number of hydrogen-bond acceptors (Lipinski definition) is 6. The van der Waals surface area contributed by atoms with E-state index in [1.54, 1.807) is 24.4 Å². The van der Waals surface area contributed by atoms with Crippen molar-refractivity contribution in [3.05, 3.63) is 47.7 Å².